The Kier molecular flexibility index (Phi) is 8.81. The third-order valence-electron chi connectivity index (χ3n) is 2.26. The van der Waals surface area contributed by atoms with Crippen LogP contribution in [0, 0.1) is 12.8 Å². The fourth-order valence-corrected chi connectivity index (χ4v) is 1.22. The molecule has 3 nitrogen and oxygen atoms in total. The molecule has 5 N–H and O–H groups in total. The summed E-state index contributed by atoms with van der Waals surface area (Å²) in [6.07, 6.45) is 0.812. The van der Waals surface area contributed by atoms with Crippen LogP contribution in [-0.4, -0.2) is 24.3 Å². The zero-order valence-corrected chi connectivity index (χ0v) is 10.3. The van der Waals surface area contributed by atoms with Crippen molar-refractivity contribution in [3.05, 3.63) is 35.9 Å². The van der Waals surface area contributed by atoms with Crippen molar-refractivity contribution in [2.75, 3.05) is 13.2 Å². The van der Waals surface area contributed by atoms with E-state index in [1.165, 1.54) is 5.56 Å². The summed E-state index contributed by atoms with van der Waals surface area (Å²) in [7, 11) is 0. The van der Waals surface area contributed by atoms with Crippen molar-refractivity contribution >= 4 is 0 Å². The van der Waals surface area contributed by atoms with E-state index in [0.29, 0.717) is 6.54 Å². The molecule has 0 aromatic heterocycles. The summed E-state index contributed by atoms with van der Waals surface area (Å²) in [6, 6.07) is 10.3. The maximum atomic E-state index is 8.58. The van der Waals surface area contributed by atoms with Gasteiger partial charge in [0.15, 0.2) is 0 Å². The number of aliphatic hydroxyl groups excluding tert-OH is 1. The maximum Gasteiger partial charge on any atom is 0.0457 e. The number of aryl methyl sites for hydroxylation is 1. The zero-order chi connectivity index (χ0) is 12.4. The smallest absolute Gasteiger partial charge is 0.0457 e. The summed E-state index contributed by atoms with van der Waals surface area (Å²) in [5.74, 6) is 0.281. The van der Waals surface area contributed by atoms with Gasteiger partial charge in [0.2, 0.25) is 0 Å². The Balaban J connectivity index is 0.000000288. The van der Waals surface area contributed by atoms with Gasteiger partial charge in [0.25, 0.3) is 0 Å². The fraction of sp³-hybridized carbons (Fsp3) is 0.538. The van der Waals surface area contributed by atoms with Gasteiger partial charge in [-0.3, -0.25) is 0 Å². The highest BCUT2D eigenvalue weighted by atomic mass is 16.3. The van der Waals surface area contributed by atoms with Gasteiger partial charge in [-0.2, -0.15) is 0 Å². The van der Waals surface area contributed by atoms with Crippen LogP contribution in [0.4, 0.5) is 0 Å². The Morgan fingerprint density at radius 3 is 2.12 bits per heavy atom. The first-order chi connectivity index (χ1) is 7.60. The van der Waals surface area contributed by atoms with Crippen molar-refractivity contribution in [3.63, 3.8) is 0 Å². The van der Waals surface area contributed by atoms with E-state index in [0.717, 1.165) is 6.42 Å². The van der Waals surface area contributed by atoms with Crippen LogP contribution in [-0.2, 0) is 0 Å². The molecule has 0 aliphatic rings. The van der Waals surface area contributed by atoms with E-state index in [1.807, 2.05) is 25.1 Å². The number of nitrogens with two attached hydrogens (primary N) is 2. The number of aliphatic hydroxyl groups is 1. The minimum atomic E-state index is 0.0483. The van der Waals surface area contributed by atoms with E-state index >= 15 is 0 Å². The Morgan fingerprint density at radius 1 is 1.25 bits per heavy atom. The molecule has 0 aliphatic carbocycles. The van der Waals surface area contributed by atoms with Gasteiger partial charge in [0.05, 0.1) is 0 Å². The molecule has 0 bridgehead atoms. The predicted molar refractivity (Wildman–Crippen MR) is 69.1 cm³/mol. The molecule has 0 heterocycles. The first-order valence-electron chi connectivity index (χ1n) is 5.68. The molecule has 0 saturated heterocycles. The first-order valence-corrected chi connectivity index (χ1v) is 5.68. The second-order valence-corrected chi connectivity index (χ2v) is 4.17. The Bertz CT molecular complexity index is 243. The van der Waals surface area contributed by atoms with E-state index in [1.54, 1.807) is 0 Å². The molecule has 3 heteroatoms. The number of hydrogen-bond acceptors (Lipinski definition) is 3. The summed E-state index contributed by atoms with van der Waals surface area (Å²) in [5.41, 5.74) is 12.1. The lowest BCUT2D eigenvalue weighted by Gasteiger charge is -2.12. The lowest BCUT2D eigenvalue weighted by Crippen LogP contribution is -2.31. The van der Waals surface area contributed by atoms with Crippen LogP contribution in [0.3, 0.4) is 0 Å². The largest absolute Gasteiger partial charge is 0.396 e. The minimum Gasteiger partial charge on any atom is -0.396 e. The Morgan fingerprint density at radius 2 is 1.81 bits per heavy atom. The standard InChI is InChI=1S/C7H8.C6H16N2O/c1-7-5-3-2-4-6-7;1-5(4-9)2-6(8)3-7/h2-6H,1H3;5-6,9H,2-4,7-8H2,1H3. The summed E-state index contributed by atoms with van der Waals surface area (Å²) >= 11 is 0. The number of benzene rings is 1. The molecule has 0 aliphatic heterocycles. The average Bonchev–Trinajstić information content (AvgIpc) is 2.30. The van der Waals surface area contributed by atoms with Gasteiger partial charge in [-0.05, 0) is 19.3 Å². The summed E-state index contributed by atoms with van der Waals surface area (Å²) < 4.78 is 0. The van der Waals surface area contributed by atoms with Crippen molar-refractivity contribution in [2.45, 2.75) is 26.3 Å². The van der Waals surface area contributed by atoms with E-state index in [-0.39, 0.29) is 18.6 Å². The van der Waals surface area contributed by atoms with Crippen LogP contribution in [0.15, 0.2) is 30.3 Å². The van der Waals surface area contributed by atoms with Gasteiger partial charge in [0.1, 0.15) is 0 Å². The van der Waals surface area contributed by atoms with E-state index in [2.05, 4.69) is 19.1 Å². The van der Waals surface area contributed by atoms with Gasteiger partial charge in [-0.15, -0.1) is 0 Å². The summed E-state index contributed by atoms with van der Waals surface area (Å²) in [5, 5.41) is 8.58. The average molecular weight is 224 g/mol. The van der Waals surface area contributed by atoms with Crippen LogP contribution in [0.5, 0.6) is 0 Å². The number of hydrogen-bond donors (Lipinski definition) is 3. The number of rotatable bonds is 4. The third kappa shape index (κ3) is 8.41. The fourth-order valence-electron chi connectivity index (χ4n) is 1.22. The van der Waals surface area contributed by atoms with Crippen LogP contribution in [0.2, 0.25) is 0 Å². The minimum absolute atomic E-state index is 0.0483. The molecule has 92 valence electrons. The topological polar surface area (TPSA) is 72.3 Å². The molecule has 1 aromatic carbocycles. The quantitative estimate of drug-likeness (QED) is 0.721. The van der Waals surface area contributed by atoms with E-state index in [9.17, 15) is 0 Å². The van der Waals surface area contributed by atoms with Crippen LogP contribution in [0.1, 0.15) is 18.9 Å². The highest BCUT2D eigenvalue weighted by Crippen LogP contribution is 2.01. The molecular weight excluding hydrogens is 200 g/mol. The van der Waals surface area contributed by atoms with Gasteiger partial charge in [-0.25, -0.2) is 0 Å². The van der Waals surface area contributed by atoms with Gasteiger partial charge < -0.3 is 16.6 Å². The van der Waals surface area contributed by atoms with Crippen molar-refractivity contribution in [1.82, 2.24) is 0 Å². The lowest BCUT2D eigenvalue weighted by atomic mass is 10.0. The van der Waals surface area contributed by atoms with Crippen LogP contribution >= 0.6 is 0 Å². The zero-order valence-electron chi connectivity index (χ0n) is 10.3. The second kappa shape index (κ2) is 9.33. The molecule has 2 atom stereocenters. The molecule has 0 amide bonds. The monoisotopic (exact) mass is 224 g/mol. The van der Waals surface area contributed by atoms with Crippen LogP contribution in [0.25, 0.3) is 0 Å². The Hall–Kier alpha value is -0.900. The molecule has 0 spiro atoms. The van der Waals surface area contributed by atoms with Crippen molar-refractivity contribution in [3.8, 4) is 0 Å². The highest BCUT2D eigenvalue weighted by molar-refractivity contribution is 5.11. The molecular formula is C13H24N2O. The first kappa shape index (κ1) is 15.1. The molecule has 1 rings (SSSR count). The summed E-state index contributed by atoms with van der Waals surface area (Å²) in [4.78, 5) is 0. The molecule has 2 unspecified atom stereocenters. The van der Waals surface area contributed by atoms with E-state index in [4.69, 9.17) is 16.6 Å². The normalized spacial score (nSPS) is 13.6. The molecule has 16 heavy (non-hydrogen) atoms. The predicted octanol–water partition coefficient (Wildman–Crippen LogP) is 1.29. The third-order valence-corrected chi connectivity index (χ3v) is 2.26. The second-order valence-electron chi connectivity index (χ2n) is 4.17. The Labute approximate surface area is 98.5 Å². The lowest BCUT2D eigenvalue weighted by molar-refractivity contribution is 0.224. The molecule has 0 fully saturated rings. The van der Waals surface area contributed by atoms with E-state index < -0.39 is 0 Å². The van der Waals surface area contributed by atoms with Crippen molar-refractivity contribution in [2.24, 2.45) is 17.4 Å². The van der Waals surface area contributed by atoms with Crippen molar-refractivity contribution in [1.29, 1.82) is 0 Å². The summed E-state index contributed by atoms with van der Waals surface area (Å²) in [6.45, 7) is 4.74. The van der Waals surface area contributed by atoms with Gasteiger partial charge >= 0.3 is 0 Å². The van der Waals surface area contributed by atoms with Gasteiger partial charge in [-0.1, -0.05) is 42.8 Å². The molecule has 0 saturated carbocycles. The molecule has 1 aromatic rings. The van der Waals surface area contributed by atoms with Crippen LogP contribution < -0.4 is 11.5 Å². The van der Waals surface area contributed by atoms with Crippen molar-refractivity contribution < 1.29 is 5.11 Å². The van der Waals surface area contributed by atoms with Gasteiger partial charge in [0, 0.05) is 19.2 Å². The highest BCUT2D eigenvalue weighted by Gasteiger charge is 2.04. The maximum absolute atomic E-state index is 8.58. The SMILES string of the molecule is CC(CO)CC(N)CN.Cc1ccccc1. The molecule has 0 radical (unpaired) electrons.